The van der Waals surface area contributed by atoms with Crippen LogP contribution in [-0.4, -0.2) is 24.0 Å². The molecule has 0 spiro atoms. The summed E-state index contributed by atoms with van der Waals surface area (Å²) in [5, 5.41) is 3.06. The number of halogens is 1. The fraction of sp³-hybridized carbons (Fsp3) is 0.200. The average Bonchev–Trinajstić information content (AvgIpc) is 2.45. The molecule has 0 saturated carbocycles. The molecular weight excluding hydrogens is 276 g/mol. The molecule has 0 bridgehead atoms. The van der Waals surface area contributed by atoms with Gasteiger partial charge in [-0.25, -0.2) is 4.98 Å². The van der Waals surface area contributed by atoms with Gasteiger partial charge in [-0.1, -0.05) is 29.3 Å². The van der Waals surface area contributed by atoms with E-state index in [1.54, 1.807) is 6.07 Å². The summed E-state index contributed by atoms with van der Waals surface area (Å²) in [6, 6.07) is 10.9. The van der Waals surface area contributed by atoms with Crippen LogP contribution in [-0.2, 0) is 0 Å². The van der Waals surface area contributed by atoms with E-state index in [2.05, 4.69) is 10.3 Å². The van der Waals surface area contributed by atoms with Crippen molar-refractivity contribution in [2.45, 2.75) is 6.92 Å². The minimum Gasteiger partial charge on any atom is -0.492 e. The summed E-state index contributed by atoms with van der Waals surface area (Å²) in [5.74, 6) is 0.596. The van der Waals surface area contributed by atoms with Crippen molar-refractivity contribution >= 4 is 17.5 Å². The Balaban J connectivity index is 1.76. The summed E-state index contributed by atoms with van der Waals surface area (Å²) in [7, 11) is 0. The Hall–Kier alpha value is -2.07. The number of ether oxygens (including phenoxy) is 1. The molecule has 1 aromatic carbocycles. The van der Waals surface area contributed by atoms with Crippen molar-refractivity contribution in [1.82, 2.24) is 10.3 Å². The Morgan fingerprint density at radius 1 is 1.30 bits per heavy atom. The van der Waals surface area contributed by atoms with Crippen LogP contribution in [0.25, 0.3) is 0 Å². The van der Waals surface area contributed by atoms with E-state index in [0.29, 0.717) is 23.9 Å². The van der Waals surface area contributed by atoms with Gasteiger partial charge in [0, 0.05) is 11.8 Å². The SMILES string of the molecule is Cc1ccc(OCCNC(=O)c2ccnc(Cl)c2)cc1. The van der Waals surface area contributed by atoms with Gasteiger partial charge in [-0.2, -0.15) is 0 Å². The number of aromatic nitrogens is 1. The summed E-state index contributed by atoms with van der Waals surface area (Å²) in [5.41, 5.74) is 1.67. The third kappa shape index (κ3) is 4.24. The zero-order chi connectivity index (χ0) is 14.4. The fourth-order valence-electron chi connectivity index (χ4n) is 1.61. The van der Waals surface area contributed by atoms with Gasteiger partial charge in [-0.05, 0) is 31.2 Å². The molecule has 2 rings (SSSR count). The largest absolute Gasteiger partial charge is 0.492 e. The van der Waals surface area contributed by atoms with Gasteiger partial charge in [-0.15, -0.1) is 0 Å². The van der Waals surface area contributed by atoms with Crippen LogP contribution in [0.2, 0.25) is 5.15 Å². The standard InChI is InChI=1S/C15H15ClN2O2/c1-11-2-4-13(5-3-11)20-9-8-18-15(19)12-6-7-17-14(16)10-12/h2-7,10H,8-9H2,1H3,(H,18,19). The lowest BCUT2D eigenvalue weighted by atomic mass is 10.2. The number of rotatable bonds is 5. The maximum absolute atomic E-state index is 11.8. The van der Waals surface area contributed by atoms with Crippen molar-refractivity contribution in [2.75, 3.05) is 13.2 Å². The monoisotopic (exact) mass is 290 g/mol. The zero-order valence-electron chi connectivity index (χ0n) is 11.1. The molecule has 1 N–H and O–H groups in total. The second-order valence-corrected chi connectivity index (χ2v) is 4.67. The zero-order valence-corrected chi connectivity index (χ0v) is 11.9. The number of nitrogens with one attached hydrogen (secondary N) is 1. The number of hydrogen-bond donors (Lipinski definition) is 1. The maximum Gasteiger partial charge on any atom is 0.251 e. The van der Waals surface area contributed by atoms with E-state index in [-0.39, 0.29) is 5.91 Å². The summed E-state index contributed by atoms with van der Waals surface area (Å²) < 4.78 is 5.52. The highest BCUT2D eigenvalue weighted by Gasteiger charge is 2.05. The molecule has 20 heavy (non-hydrogen) atoms. The minimum atomic E-state index is -0.193. The summed E-state index contributed by atoms with van der Waals surface area (Å²) in [6.07, 6.45) is 1.50. The molecule has 1 aromatic heterocycles. The van der Waals surface area contributed by atoms with Crippen LogP contribution in [0.15, 0.2) is 42.6 Å². The summed E-state index contributed by atoms with van der Waals surface area (Å²) in [4.78, 5) is 15.6. The first kappa shape index (κ1) is 14.3. The van der Waals surface area contributed by atoms with Gasteiger partial charge in [0.05, 0.1) is 6.54 Å². The Morgan fingerprint density at radius 2 is 2.05 bits per heavy atom. The Morgan fingerprint density at radius 3 is 2.75 bits per heavy atom. The van der Waals surface area contributed by atoms with Gasteiger partial charge >= 0.3 is 0 Å². The molecule has 0 aliphatic rings. The number of amides is 1. The van der Waals surface area contributed by atoms with E-state index >= 15 is 0 Å². The number of carbonyl (C=O) groups is 1. The Labute approximate surface area is 122 Å². The van der Waals surface area contributed by atoms with Crippen molar-refractivity contribution in [1.29, 1.82) is 0 Å². The molecule has 0 aliphatic heterocycles. The molecule has 0 atom stereocenters. The molecule has 1 amide bonds. The lowest BCUT2D eigenvalue weighted by Gasteiger charge is -2.08. The Kier molecular flexibility index (Phi) is 4.96. The minimum absolute atomic E-state index is 0.193. The predicted octanol–water partition coefficient (Wildman–Crippen LogP) is 2.85. The van der Waals surface area contributed by atoms with E-state index in [1.165, 1.54) is 17.8 Å². The number of hydrogen-bond acceptors (Lipinski definition) is 3. The number of nitrogens with zero attached hydrogens (tertiary/aromatic N) is 1. The van der Waals surface area contributed by atoms with Crippen molar-refractivity contribution in [3.8, 4) is 5.75 Å². The van der Waals surface area contributed by atoms with E-state index in [1.807, 2.05) is 31.2 Å². The predicted molar refractivity (Wildman–Crippen MR) is 78.3 cm³/mol. The van der Waals surface area contributed by atoms with Gasteiger partial charge in [-0.3, -0.25) is 4.79 Å². The molecule has 0 aliphatic carbocycles. The van der Waals surface area contributed by atoms with Crippen LogP contribution in [0.5, 0.6) is 5.75 Å². The van der Waals surface area contributed by atoms with E-state index in [0.717, 1.165) is 5.75 Å². The maximum atomic E-state index is 11.8. The molecule has 0 radical (unpaired) electrons. The van der Waals surface area contributed by atoms with Gasteiger partial charge in [0.25, 0.3) is 5.91 Å². The van der Waals surface area contributed by atoms with Gasteiger partial charge < -0.3 is 10.1 Å². The Bertz CT molecular complexity index is 585. The molecule has 0 fully saturated rings. The molecule has 0 saturated heterocycles. The van der Waals surface area contributed by atoms with Crippen molar-refractivity contribution in [3.63, 3.8) is 0 Å². The van der Waals surface area contributed by atoms with Gasteiger partial charge in [0.2, 0.25) is 0 Å². The quantitative estimate of drug-likeness (QED) is 0.680. The van der Waals surface area contributed by atoms with Gasteiger partial charge in [0.1, 0.15) is 17.5 Å². The fourth-order valence-corrected chi connectivity index (χ4v) is 1.79. The molecule has 5 heteroatoms. The van der Waals surface area contributed by atoms with Crippen LogP contribution in [0.4, 0.5) is 0 Å². The second-order valence-electron chi connectivity index (χ2n) is 4.28. The van der Waals surface area contributed by atoms with E-state index < -0.39 is 0 Å². The summed E-state index contributed by atoms with van der Waals surface area (Å²) in [6.45, 7) is 2.85. The van der Waals surface area contributed by atoms with Crippen molar-refractivity contribution in [3.05, 3.63) is 58.9 Å². The van der Waals surface area contributed by atoms with Crippen LogP contribution < -0.4 is 10.1 Å². The topological polar surface area (TPSA) is 51.2 Å². The highest BCUT2D eigenvalue weighted by molar-refractivity contribution is 6.29. The van der Waals surface area contributed by atoms with Gasteiger partial charge in [0.15, 0.2) is 0 Å². The number of aryl methyl sites for hydroxylation is 1. The first-order valence-electron chi connectivity index (χ1n) is 6.24. The molecular formula is C15H15ClN2O2. The van der Waals surface area contributed by atoms with Crippen LogP contribution in [0.1, 0.15) is 15.9 Å². The third-order valence-corrected chi connectivity index (χ3v) is 2.87. The first-order chi connectivity index (χ1) is 9.65. The lowest BCUT2D eigenvalue weighted by Crippen LogP contribution is -2.28. The molecule has 0 unspecified atom stereocenters. The first-order valence-corrected chi connectivity index (χ1v) is 6.62. The number of benzene rings is 1. The van der Waals surface area contributed by atoms with Crippen LogP contribution in [0, 0.1) is 6.92 Å². The van der Waals surface area contributed by atoms with Crippen molar-refractivity contribution < 1.29 is 9.53 Å². The second kappa shape index (κ2) is 6.91. The van der Waals surface area contributed by atoms with E-state index in [9.17, 15) is 4.79 Å². The number of pyridine rings is 1. The highest BCUT2D eigenvalue weighted by Crippen LogP contribution is 2.11. The highest BCUT2D eigenvalue weighted by atomic mass is 35.5. The normalized spacial score (nSPS) is 10.1. The molecule has 2 aromatic rings. The summed E-state index contributed by atoms with van der Waals surface area (Å²) >= 11 is 5.73. The van der Waals surface area contributed by atoms with E-state index in [4.69, 9.17) is 16.3 Å². The average molecular weight is 291 g/mol. The molecule has 104 valence electrons. The molecule has 4 nitrogen and oxygen atoms in total. The van der Waals surface area contributed by atoms with Crippen molar-refractivity contribution in [2.24, 2.45) is 0 Å². The smallest absolute Gasteiger partial charge is 0.251 e. The lowest BCUT2D eigenvalue weighted by molar-refractivity contribution is 0.0947. The number of carbonyl (C=O) groups excluding carboxylic acids is 1. The van der Waals surface area contributed by atoms with Crippen LogP contribution in [0.3, 0.4) is 0 Å². The van der Waals surface area contributed by atoms with Crippen LogP contribution >= 0.6 is 11.6 Å². The third-order valence-electron chi connectivity index (χ3n) is 2.67. The molecule has 1 heterocycles.